The minimum Gasteiger partial charge on any atom is -0.383 e. The molecule has 0 saturated carbocycles. The van der Waals surface area contributed by atoms with Crippen molar-refractivity contribution in [2.24, 2.45) is 10.7 Å². The Morgan fingerprint density at radius 1 is 1.39 bits per heavy atom. The summed E-state index contributed by atoms with van der Waals surface area (Å²) in [6.07, 6.45) is 4.84. The maximum absolute atomic E-state index is 5.86. The first-order valence-corrected chi connectivity index (χ1v) is 6.48. The number of ether oxygens (including phenoxy) is 1. The van der Waals surface area contributed by atoms with Crippen molar-refractivity contribution in [2.45, 2.75) is 25.7 Å². The van der Waals surface area contributed by atoms with Gasteiger partial charge in [0.1, 0.15) is 0 Å². The zero-order valence-corrected chi connectivity index (χ0v) is 10.9. The third-order valence-corrected chi connectivity index (χ3v) is 3.24. The van der Waals surface area contributed by atoms with Crippen LogP contribution < -0.4 is 11.1 Å². The summed E-state index contributed by atoms with van der Waals surface area (Å²) in [6.45, 7) is 1.18. The van der Waals surface area contributed by atoms with Crippen LogP contribution in [0.2, 0.25) is 0 Å². The fraction of sp³-hybridized carbons (Fsp3) is 0.500. The van der Waals surface area contributed by atoms with Crippen molar-refractivity contribution in [3.05, 3.63) is 29.3 Å². The first-order valence-electron chi connectivity index (χ1n) is 6.48. The number of methoxy groups -OCH3 is 1. The number of nitrogens with two attached hydrogens (primary N) is 1. The number of fused-ring (bicyclic) bond motifs is 1. The van der Waals surface area contributed by atoms with Gasteiger partial charge < -0.3 is 15.8 Å². The molecule has 0 saturated heterocycles. The van der Waals surface area contributed by atoms with Gasteiger partial charge in [-0.1, -0.05) is 12.1 Å². The highest BCUT2D eigenvalue weighted by Crippen LogP contribution is 2.27. The third-order valence-electron chi connectivity index (χ3n) is 3.24. The number of aliphatic imine (C=N–C) groups is 1. The summed E-state index contributed by atoms with van der Waals surface area (Å²) in [4.78, 5) is 4.22. The molecule has 98 valence electrons. The van der Waals surface area contributed by atoms with Crippen LogP contribution in [0.5, 0.6) is 0 Å². The number of guanidine groups is 1. The molecule has 18 heavy (non-hydrogen) atoms. The van der Waals surface area contributed by atoms with Crippen LogP contribution >= 0.6 is 0 Å². The van der Waals surface area contributed by atoms with E-state index in [2.05, 4.69) is 28.5 Å². The van der Waals surface area contributed by atoms with E-state index < -0.39 is 0 Å². The molecule has 1 aliphatic rings. The van der Waals surface area contributed by atoms with Gasteiger partial charge >= 0.3 is 0 Å². The maximum atomic E-state index is 5.86. The van der Waals surface area contributed by atoms with Crippen LogP contribution in [-0.4, -0.2) is 26.2 Å². The zero-order chi connectivity index (χ0) is 12.8. The van der Waals surface area contributed by atoms with Gasteiger partial charge in [-0.05, 0) is 42.9 Å². The molecule has 0 radical (unpaired) electrons. The van der Waals surface area contributed by atoms with Gasteiger partial charge in [0.2, 0.25) is 0 Å². The highest BCUT2D eigenvalue weighted by molar-refractivity contribution is 5.93. The Morgan fingerprint density at radius 2 is 2.22 bits per heavy atom. The van der Waals surface area contributed by atoms with Gasteiger partial charge in [-0.3, -0.25) is 4.99 Å². The van der Waals surface area contributed by atoms with E-state index in [-0.39, 0.29) is 0 Å². The number of nitrogens with zero attached hydrogens (tertiary/aromatic N) is 1. The third kappa shape index (κ3) is 3.23. The lowest BCUT2D eigenvalue weighted by atomic mass is 9.90. The lowest BCUT2D eigenvalue weighted by molar-refractivity contribution is 0.208. The van der Waals surface area contributed by atoms with E-state index in [0.29, 0.717) is 19.1 Å². The molecule has 4 nitrogen and oxygen atoms in total. The van der Waals surface area contributed by atoms with Crippen LogP contribution in [0.3, 0.4) is 0 Å². The summed E-state index contributed by atoms with van der Waals surface area (Å²) in [7, 11) is 1.66. The summed E-state index contributed by atoms with van der Waals surface area (Å²) < 4.78 is 4.94. The fourth-order valence-corrected chi connectivity index (χ4v) is 2.33. The summed E-state index contributed by atoms with van der Waals surface area (Å²) in [5.41, 5.74) is 9.80. The van der Waals surface area contributed by atoms with Crippen LogP contribution in [-0.2, 0) is 17.6 Å². The first kappa shape index (κ1) is 12.9. The number of nitrogens with one attached hydrogen (secondary N) is 1. The van der Waals surface area contributed by atoms with Crippen molar-refractivity contribution in [3.63, 3.8) is 0 Å². The van der Waals surface area contributed by atoms with Gasteiger partial charge in [-0.15, -0.1) is 0 Å². The van der Waals surface area contributed by atoms with Crippen molar-refractivity contribution >= 4 is 11.6 Å². The van der Waals surface area contributed by atoms with E-state index in [9.17, 15) is 0 Å². The predicted octanol–water partition coefficient (Wildman–Crippen LogP) is 1.94. The maximum Gasteiger partial charge on any atom is 0.193 e. The summed E-state index contributed by atoms with van der Waals surface area (Å²) in [5, 5.41) is 3.20. The molecular weight excluding hydrogens is 226 g/mol. The van der Waals surface area contributed by atoms with Gasteiger partial charge in [-0.25, -0.2) is 0 Å². The molecule has 0 spiro atoms. The molecule has 0 unspecified atom stereocenters. The average molecular weight is 247 g/mol. The summed E-state index contributed by atoms with van der Waals surface area (Å²) >= 11 is 0. The molecule has 0 bridgehead atoms. The molecule has 0 aliphatic heterocycles. The Balaban J connectivity index is 2.07. The predicted molar refractivity (Wildman–Crippen MR) is 75.1 cm³/mol. The van der Waals surface area contributed by atoms with Gasteiger partial charge in [0.15, 0.2) is 5.96 Å². The number of anilines is 1. The lowest BCUT2D eigenvalue weighted by Crippen LogP contribution is -2.24. The molecule has 0 amide bonds. The molecule has 0 atom stereocenters. The Bertz CT molecular complexity index is 429. The van der Waals surface area contributed by atoms with Crippen LogP contribution in [0.25, 0.3) is 0 Å². The first-order chi connectivity index (χ1) is 8.81. The van der Waals surface area contributed by atoms with Crippen molar-refractivity contribution in [1.29, 1.82) is 0 Å². The number of aryl methyl sites for hydroxylation is 1. The number of rotatable bonds is 4. The van der Waals surface area contributed by atoms with E-state index in [4.69, 9.17) is 10.5 Å². The van der Waals surface area contributed by atoms with Crippen LogP contribution in [0, 0.1) is 0 Å². The van der Waals surface area contributed by atoms with Gasteiger partial charge in [0, 0.05) is 12.8 Å². The largest absolute Gasteiger partial charge is 0.383 e. The monoisotopic (exact) mass is 247 g/mol. The molecule has 1 aliphatic carbocycles. The van der Waals surface area contributed by atoms with E-state index in [1.165, 1.54) is 30.4 Å². The van der Waals surface area contributed by atoms with Gasteiger partial charge in [0.05, 0.1) is 13.2 Å². The Hall–Kier alpha value is -1.55. The van der Waals surface area contributed by atoms with Crippen LogP contribution in [0.1, 0.15) is 24.0 Å². The zero-order valence-electron chi connectivity index (χ0n) is 10.9. The van der Waals surface area contributed by atoms with Crippen molar-refractivity contribution in [3.8, 4) is 0 Å². The highest BCUT2D eigenvalue weighted by atomic mass is 16.5. The average Bonchev–Trinajstić information content (AvgIpc) is 2.39. The number of hydrogen-bond donors (Lipinski definition) is 2. The van der Waals surface area contributed by atoms with Gasteiger partial charge in [0.25, 0.3) is 0 Å². The SMILES string of the molecule is COCCN=C(N)Nc1cccc2c1CCCC2. The molecule has 4 heteroatoms. The minimum atomic E-state index is 0.464. The normalized spacial score (nSPS) is 15.3. The van der Waals surface area contributed by atoms with E-state index in [1.54, 1.807) is 7.11 Å². The number of benzene rings is 1. The minimum absolute atomic E-state index is 0.464. The number of hydrogen-bond acceptors (Lipinski definition) is 2. The molecule has 2 rings (SSSR count). The molecule has 0 aromatic heterocycles. The second-order valence-electron chi connectivity index (χ2n) is 4.54. The van der Waals surface area contributed by atoms with Crippen molar-refractivity contribution < 1.29 is 4.74 Å². The summed E-state index contributed by atoms with van der Waals surface area (Å²) in [6, 6.07) is 6.36. The molecule has 0 heterocycles. The van der Waals surface area contributed by atoms with Crippen LogP contribution in [0.15, 0.2) is 23.2 Å². The molecule has 3 N–H and O–H groups in total. The Labute approximate surface area is 108 Å². The van der Waals surface area contributed by atoms with E-state index in [0.717, 1.165) is 12.1 Å². The van der Waals surface area contributed by atoms with Crippen molar-refractivity contribution in [2.75, 3.05) is 25.6 Å². The Kier molecular flexibility index (Phi) is 4.59. The standard InChI is InChI=1S/C14H21N3O/c1-18-10-9-16-14(15)17-13-8-4-6-11-5-2-3-7-12(11)13/h4,6,8H,2-3,5,7,9-10H2,1H3,(H3,15,16,17). The van der Waals surface area contributed by atoms with Crippen molar-refractivity contribution in [1.82, 2.24) is 0 Å². The second kappa shape index (κ2) is 6.40. The second-order valence-corrected chi connectivity index (χ2v) is 4.54. The smallest absolute Gasteiger partial charge is 0.193 e. The van der Waals surface area contributed by atoms with E-state index in [1.807, 2.05) is 0 Å². The lowest BCUT2D eigenvalue weighted by Gasteiger charge is -2.19. The van der Waals surface area contributed by atoms with Crippen LogP contribution in [0.4, 0.5) is 5.69 Å². The molecule has 1 aromatic rings. The summed E-state index contributed by atoms with van der Waals surface area (Å²) in [5.74, 6) is 0.464. The molecule has 0 fully saturated rings. The van der Waals surface area contributed by atoms with E-state index >= 15 is 0 Å². The Morgan fingerprint density at radius 3 is 3.06 bits per heavy atom. The topological polar surface area (TPSA) is 59.6 Å². The fourth-order valence-electron chi connectivity index (χ4n) is 2.33. The molecular formula is C14H21N3O. The molecule has 1 aromatic carbocycles. The van der Waals surface area contributed by atoms with Gasteiger partial charge in [-0.2, -0.15) is 0 Å². The quantitative estimate of drug-likeness (QED) is 0.485. The highest BCUT2D eigenvalue weighted by Gasteiger charge is 2.12.